The molecule has 2 heterocycles. The van der Waals surface area contributed by atoms with E-state index < -0.39 is 11.9 Å². The van der Waals surface area contributed by atoms with Crippen molar-refractivity contribution in [3.8, 4) is 11.5 Å². The van der Waals surface area contributed by atoms with Crippen molar-refractivity contribution in [2.24, 2.45) is 11.8 Å². The van der Waals surface area contributed by atoms with E-state index in [-0.39, 0.29) is 6.54 Å². The van der Waals surface area contributed by atoms with Crippen LogP contribution in [0.1, 0.15) is 26.0 Å². The maximum atomic E-state index is 11.4. The van der Waals surface area contributed by atoms with Crippen molar-refractivity contribution >= 4 is 5.97 Å². The van der Waals surface area contributed by atoms with Gasteiger partial charge in [-0.15, -0.1) is 5.10 Å². The first-order valence-electron chi connectivity index (χ1n) is 6.90. The summed E-state index contributed by atoms with van der Waals surface area (Å²) in [5, 5.41) is 20.8. The molecule has 112 valence electrons. The number of aryl methyl sites for hydroxylation is 1. The molecule has 0 aliphatic heterocycles. The Kier molecular flexibility index (Phi) is 4.62. The van der Waals surface area contributed by atoms with E-state index >= 15 is 0 Å². The molecule has 0 bridgehead atoms. The number of pyridine rings is 1. The van der Waals surface area contributed by atoms with Crippen molar-refractivity contribution in [3.63, 3.8) is 0 Å². The van der Waals surface area contributed by atoms with Crippen LogP contribution in [-0.2, 0) is 11.3 Å². The van der Waals surface area contributed by atoms with Crippen LogP contribution in [0.3, 0.4) is 0 Å². The van der Waals surface area contributed by atoms with Gasteiger partial charge in [0.05, 0.1) is 12.5 Å². The van der Waals surface area contributed by atoms with Crippen molar-refractivity contribution < 1.29 is 9.90 Å². The summed E-state index contributed by atoms with van der Waals surface area (Å²) in [6.45, 7) is 6.12. The molecule has 7 nitrogen and oxygen atoms in total. The van der Waals surface area contributed by atoms with Crippen LogP contribution >= 0.6 is 0 Å². The summed E-state index contributed by atoms with van der Waals surface area (Å²) in [6.07, 6.45) is 0.579. The Morgan fingerprint density at radius 2 is 2.14 bits per heavy atom. The minimum absolute atomic E-state index is 0.242. The molecule has 0 saturated heterocycles. The van der Waals surface area contributed by atoms with Crippen molar-refractivity contribution in [3.05, 3.63) is 23.9 Å². The SMILES string of the molecule is Cc1cccc(-c2nnnn2CC(CC(C)C)C(=O)O)n1. The number of hydrogen-bond acceptors (Lipinski definition) is 5. The van der Waals surface area contributed by atoms with E-state index in [4.69, 9.17) is 0 Å². The summed E-state index contributed by atoms with van der Waals surface area (Å²) in [5.41, 5.74) is 1.51. The fourth-order valence-corrected chi connectivity index (χ4v) is 2.21. The number of carboxylic acids is 1. The van der Waals surface area contributed by atoms with Gasteiger partial charge in [-0.1, -0.05) is 19.9 Å². The zero-order chi connectivity index (χ0) is 15.4. The van der Waals surface area contributed by atoms with Gasteiger partial charge >= 0.3 is 5.97 Å². The highest BCUT2D eigenvalue weighted by Gasteiger charge is 2.22. The maximum Gasteiger partial charge on any atom is 0.308 e. The summed E-state index contributed by atoms with van der Waals surface area (Å²) in [7, 11) is 0. The molecular formula is C14H19N5O2. The predicted molar refractivity (Wildman–Crippen MR) is 76.4 cm³/mol. The molecule has 2 aromatic heterocycles. The average molecular weight is 289 g/mol. The highest BCUT2D eigenvalue weighted by atomic mass is 16.4. The number of aliphatic carboxylic acids is 1. The summed E-state index contributed by atoms with van der Waals surface area (Å²) in [4.78, 5) is 15.7. The van der Waals surface area contributed by atoms with Crippen LogP contribution in [0.25, 0.3) is 11.5 Å². The first kappa shape index (κ1) is 15.1. The minimum Gasteiger partial charge on any atom is -0.481 e. The molecule has 7 heteroatoms. The van der Waals surface area contributed by atoms with Crippen molar-refractivity contribution in [2.45, 2.75) is 33.7 Å². The van der Waals surface area contributed by atoms with E-state index in [9.17, 15) is 9.90 Å². The highest BCUT2D eigenvalue weighted by Crippen LogP contribution is 2.18. The third-order valence-electron chi connectivity index (χ3n) is 3.15. The third kappa shape index (κ3) is 3.84. The van der Waals surface area contributed by atoms with E-state index in [1.165, 1.54) is 4.68 Å². The Bertz CT molecular complexity index is 623. The number of carboxylic acid groups (broad SMARTS) is 1. The van der Waals surface area contributed by atoms with Crippen molar-refractivity contribution in [2.75, 3.05) is 0 Å². The summed E-state index contributed by atoms with van der Waals surface area (Å²) >= 11 is 0. The molecular weight excluding hydrogens is 270 g/mol. The molecule has 2 rings (SSSR count). The summed E-state index contributed by atoms with van der Waals surface area (Å²) < 4.78 is 1.52. The van der Waals surface area contributed by atoms with Gasteiger partial charge in [0.2, 0.25) is 5.82 Å². The fraction of sp³-hybridized carbons (Fsp3) is 0.500. The monoisotopic (exact) mass is 289 g/mol. The molecule has 0 aromatic carbocycles. The number of hydrogen-bond donors (Lipinski definition) is 1. The normalized spacial score (nSPS) is 12.6. The van der Waals surface area contributed by atoms with E-state index in [0.717, 1.165) is 5.69 Å². The Labute approximate surface area is 123 Å². The Hall–Kier alpha value is -2.31. The Morgan fingerprint density at radius 3 is 2.76 bits per heavy atom. The molecule has 0 amide bonds. The van der Waals surface area contributed by atoms with Gasteiger partial charge in [0, 0.05) is 5.69 Å². The van der Waals surface area contributed by atoms with Crippen LogP contribution in [0.5, 0.6) is 0 Å². The highest BCUT2D eigenvalue weighted by molar-refractivity contribution is 5.70. The van der Waals surface area contributed by atoms with Gasteiger partial charge in [0.15, 0.2) is 0 Å². The molecule has 21 heavy (non-hydrogen) atoms. The smallest absolute Gasteiger partial charge is 0.308 e. The molecule has 1 N–H and O–H groups in total. The van der Waals surface area contributed by atoms with Crippen molar-refractivity contribution in [1.29, 1.82) is 0 Å². The molecule has 0 aliphatic carbocycles. The van der Waals surface area contributed by atoms with Crippen LogP contribution in [-0.4, -0.2) is 36.3 Å². The van der Waals surface area contributed by atoms with Crippen LogP contribution in [0, 0.1) is 18.8 Å². The van der Waals surface area contributed by atoms with E-state index in [0.29, 0.717) is 23.9 Å². The molecule has 0 radical (unpaired) electrons. The van der Waals surface area contributed by atoms with Gasteiger partial charge in [0.1, 0.15) is 5.69 Å². The molecule has 2 aromatic rings. The lowest BCUT2D eigenvalue weighted by molar-refractivity contribution is -0.142. The van der Waals surface area contributed by atoms with Gasteiger partial charge in [-0.25, -0.2) is 9.67 Å². The second-order valence-corrected chi connectivity index (χ2v) is 5.51. The molecule has 0 fully saturated rings. The van der Waals surface area contributed by atoms with E-state index in [2.05, 4.69) is 20.5 Å². The molecule has 0 saturated carbocycles. The number of tetrazole rings is 1. The van der Waals surface area contributed by atoms with Gasteiger partial charge < -0.3 is 5.11 Å². The van der Waals surface area contributed by atoms with Crippen LogP contribution in [0.2, 0.25) is 0 Å². The third-order valence-corrected chi connectivity index (χ3v) is 3.15. The first-order chi connectivity index (χ1) is 9.97. The number of carbonyl (C=O) groups is 1. The van der Waals surface area contributed by atoms with Gasteiger partial charge in [-0.3, -0.25) is 4.79 Å². The quantitative estimate of drug-likeness (QED) is 0.871. The van der Waals surface area contributed by atoms with E-state index in [1.807, 2.05) is 39.0 Å². The lowest BCUT2D eigenvalue weighted by atomic mass is 9.97. The largest absolute Gasteiger partial charge is 0.481 e. The minimum atomic E-state index is -0.831. The van der Waals surface area contributed by atoms with Crippen LogP contribution in [0.15, 0.2) is 18.2 Å². The number of rotatable bonds is 6. The number of nitrogens with zero attached hydrogens (tertiary/aromatic N) is 5. The first-order valence-corrected chi connectivity index (χ1v) is 6.90. The Balaban J connectivity index is 2.25. The number of aromatic nitrogens is 5. The molecule has 0 spiro atoms. The Morgan fingerprint density at radius 1 is 1.38 bits per heavy atom. The van der Waals surface area contributed by atoms with E-state index in [1.54, 1.807) is 0 Å². The lowest BCUT2D eigenvalue weighted by Crippen LogP contribution is -2.23. The van der Waals surface area contributed by atoms with Gasteiger partial charge in [-0.2, -0.15) is 0 Å². The second kappa shape index (κ2) is 6.43. The average Bonchev–Trinajstić information content (AvgIpc) is 2.85. The zero-order valence-electron chi connectivity index (χ0n) is 12.4. The second-order valence-electron chi connectivity index (χ2n) is 5.51. The standard InChI is InChI=1S/C14H19N5O2/c1-9(2)7-11(14(20)21)8-19-13(16-17-18-19)12-6-4-5-10(3)15-12/h4-6,9,11H,7-8H2,1-3H3,(H,20,21). The van der Waals surface area contributed by atoms with Gasteiger partial charge in [0.25, 0.3) is 0 Å². The lowest BCUT2D eigenvalue weighted by Gasteiger charge is -2.15. The van der Waals surface area contributed by atoms with Crippen LogP contribution < -0.4 is 0 Å². The summed E-state index contributed by atoms with van der Waals surface area (Å²) in [6, 6.07) is 5.57. The van der Waals surface area contributed by atoms with Crippen LogP contribution in [0.4, 0.5) is 0 Å². The molecule has 1 unspecified atom stereocenters. The fourth-order valence-electron chi connectivity index (χ4n) is 2.21. The maximum absolute atomic E-state index is 11.4. The molecule has 1 atom stereocenters. The predicted octanol–water partition coefficient (Wildman–Crippen LogP) is 1.79. The zero-order valence-corrected chi connectivity index (χ0v) is 12.4. The van der Waals surface area contributed by atoms with Crippen molar-refractivity contribution in [1.82, 2.24) is 25.2 Å². The van der Waals surface area contributed by atoms with Gasteiger partial charge in [-0.05, 0) is 41.8 Å². The summed E-state index contributed by atoms with van der Waals surface area (Å²) in [5.74, 6) is -0.559. The topological polar surface area (TPSA) is 93.8 Å². The molecule has 0 aliphatic rings.